The van der Waals surface area contributed by atoms with Crippen molar-refractivity contribution in [2.24, 2.45) is 5.92 Å². The van der Waals surface area contributed by atoms with Crippen LogP contribution < -0.4 is 12.3 Å². The van der Waals surface area contributed by atoms with Crippen molar-refractivity contribution in [1.82, 2.24) is 17.2 Å². The summed E-state index contributed by atoms with van der Waals surface area (Å²) in [5, 5.41) is 24.8. The first-order valence-electron chi connectivity index (χ1n) is 7.10. The summed E-state index contributed by atoms with van der Waals surface area (Å²) in [4.78, 5) is 32.5. The quantitative estimate of drug-likeness (QED) is 0.262. The van der Waals surface area contributed by atoms with Crippen LogP contribution in [0.3, 0.4) is 0 Å². The zero-order chi connectivity index (χ0) is 16.8. The molecule has 1 atom stereocenters. The third kappa shape index (κ3) is 25.9. The van der Waals surface area contributed by atoms with Gasteiger partial charge in [-0.15, -0.1) is 0 Å². The van der Waals surface area contributed by atoms with Crippen molar-refractivity contribution in [3.8, 4) is 0 Å². The van der Waals surface area contributed by atoms with Gasteiger partial charge in [0.15, 0.2) is 0 Å². The number of hydrogen-bond donors (Lipinski definition) is 5. The van der Waals surface area contributed by atoms with Gasteiger partial charge in [0.2, 0.25) is 0 Å². The largest absolute Gasteiger partial charge is 2.00 e. The predicted octanol–water partition coefficient (Wildman–Crippen LogP) is 2.09. The Bertz CT molecular complexity index is 324. The molecule has 0 aliphatic carbocycles. The molecule has 0 saturated carbocycles. The molecule has 0 spiro atoms. The van der Waals surface area contributed by atoms with Crippen LogP contribution in [-0.2, 0) is 35.4 Å². The Balaban J connectivity index is -0.000000154. The van der Waals surface area contributed by atoms with Crippen LogP contribution in [0, 0.1) is 5.92 Å². The Morgan fingerprint density at radius 1 is 0.958 bits per heavy atom. The average Bonchev–Trinajstić information content (AvgIpc) is 2.36. The van der Waals surface area contributed by atoms with E-state index in [1.807, 2.05) is 0 Å². The van der Waals surface area contributed by atoms with Crippen molar-refractivity contribution in [2.45, 2.75) is 46.5 Å². The third-order valence-corrected chi connectivity index (χ3v) is 2.94. The van der Waals surface area contributed by atoms with E-state index in [2.05, 4.69) is 18.7 Å². The zero-order valence-electron chi connectivity index (χ0n) is 14.8. The summed E-state index contributed by atoms with van der Waals surface area (Å²) in [6.07, 6.45) is 1.86. The molecule has 0 aromatic rings. The van der Waals surface area contributed by atoms with Gasteiger partial charge in [-0.3, -0.25) is 14.4 Å². The molecule has 0 rings (SSSR count). The first-order chi connectivity index (χ1) is 9.74. The van der Waals surface area contributed by atoms with E-state index in [4.69, 9.17) is 20.1 Å². The number of carbonyl (C=O) groups is 3. The summed E-state index contributed by atoms with van der Waals surface area (Å²) in [5.41, 5.74) is 0. The molecule has 0 heterocycles. The number of aliphatic carboxylic acids is 3. The number of rotatable bonds is 10. The number of unbranched alkanes of at least 4 members (excludes halogenated alkanes) is 1. The number of carboxylic acids is 3. The van der Waals surface area contributed by atoms with Crippen molar-refractivity contribution in [3.05, 3.63) is 0 Å². The van der Waals surface area contributed by atoms with Gasteiger partial charge in [0.1, 0.15) is 0 Å². The molecule has 0 amide bonds. The standard InChI is InChI=1S/C12H23NO4.C2H4O2.2H3N.Pt/c1-3-13(4-2)8-6-5-7-10(12(16)17)9-11(14)15;1-2(3)4;;;/h10H,3-9H2,1-2H3,(H,14,15)(H,16,17);1H3,(H,3,4);2*1H3;/q;;;;+2. The molecule has 148 valence electrons. The molecule has 0 fully saturated rings. The molecular formula is C14H33N3O6Pt+2. The van der Waals surface area contributed by atoms with E-state index in [9.17, 15) is 9.59 Å². The van der Waals surface area contributed by atoms with Crippen LogP contribution in [0.15, 0.2) is 0 Å². The van der Waals surface area contributed by atoms with E-state index in [1.165, 1.54) is 0 Å². The summed E-state index contributed by atoms with van der Waals surface area (Å²) >= 11 is 0. The molecule has 24 heavy (non-hydrogen) atoms. The smallest absolute Gasteiger partial charge is 0.481 e. The molecule has 10 heteroatoms. The van der Waals surface area contributed by atoms with Gasteiger partial charge in [-0.05, 0) is 32.5 Å². The van der Waals surface area contributed by atoms with Gasteiger partial charge in [0, 0.05) is 6.92 Å². The Morgan fingerprint density at radius 3 is 1.67 bits per heavy atom. The van der Waals surface area contributed by atoms with Gasteiger partial charge in [-0.25, -0.2) is 0 Å². The second-order valence-electron chi connectivity index (χ2n) is 4.67. The Morgan fingerprint density at radius 2 is 1.38 bits per heavy atom. The van der Waals surface area contributed by atoms with Crippen LogP contribution in [0.5, 0.6) is 0 Å². The monoisotopic (exact) mass is 534 g/mol. The predicted molar refractivity (Wildman–Crippen MR) is 88.4 cm³/mol. The summed E-state index contributed by atoms with van der Waals surface area (Å²) in [7, 11) is 0. The maximum absolute atomic E-state index is 10.8. The summed E-state index contributed by atoms with van der Waals surface area (Å²) in [5.74, 6) is -3.62. The molecule has 0 radical (unpaired) electrons. The van der Waals surface area contributed by atoms with Crippen molar-refractivity contribution in [1.29, 1.82) is 0 Å². The minimum Gasteiger partial charge on any atom is -0.481 e. The fourth-order valence-corrected chi connectivity index (χ4v) is 1.79. The molecule has 0 aromatic heterocycles. The minimum absolute atomic E-state index is 0. The van der Waals surface area contributed by atoms with Crippen LogP contribution in [0.2, 0.25) is 0 Å². The van der Waals surface area contributed by atoms with E-state index >= 15 is 0 Å². The number of hydrogen-bond acceptors (Lipinski definition) is 6. The Hall–Kier alpha value is -1.02. The first kappa shape index (κ1) is 34.3. The van der Waals surface area contributed by atoms with E-state index in [-0.39, 0.29) is 39.8 Å². The van der Waals surface area contributed by atoms with E-state index in [0.717, 1.165) is 39.4 Å². The van der Waals surface area contributed by atoms with Crippen LogP contribution in [0.4, 0.5) is 0 Å². The van der Waals surface area contributed by atoms with Crippen molar-refractivity contribution in [2.75, 3.05) is 19.6 Å². The van der Waals surface area contributed by atoms with Gasteiger partial charge in [0.25, 0.3) is 5.97 Å². The van der Waals surface area contributed by atoms with Crippen LogP contribution in [0.1, 0.15) is 46.5 Å². The zero-order valence-corrected chi connectivity index (χ0v) is 17.0. The van der Waals surface area contributed by atoms with Gasteiger partial charge in [-0.1, -0.05) is 20.3 Å². The van der Waals surface area contributed by atoms with Crippen molar-refractivity contribution < 1.29 is 50.8 Å². The van der Waals surface area contributed by atoms with Crippen LogP contribution in [-0.4, -0.2) is 57.8 Å². The second-order valence-corrected chi connectivity index (χ2v) is 4.67. The molecule has 0 aliphatic rings. The maximum atomic E-state index is 10.8. The first-order valence-corrected chi connectivity index (χ1v) is 7.10. The third-order valence-electron chi connectivity index (χ3n) is 2.94. The summed E-state index contributed by atoms with van der Waals surface area (Å²) in [6, 6.07) is 0. The topological polar surface area (TPSA) is 185 Å². The van der Waals surface area contributed by atoms with Crippen LogP contribution in [0.25, 0.3) is 0 Å². The fraction of sp³-hybridized carbons (Fsp3) is 0.786. The van der Waals surface area contributed by atoms with Gasteiger partial charge >= 0.3 is 33.0 Å². The minimum atomic E-state index is -1.04. The van der Waals surface area contributed by atoms with Gasteiger partial charge in [0.05, 0.1) is 12.3 Å². The fourth-order valence-electron chi connectivity index (χ4n) is 1.79. The molecule has 1 unspecified atom stereocenters. The number of carboxylic acid groups (broad SMARTS) is 3. The number of nitrogens with zero attached hydrogens (tertiary/aromatic N) is 1. The van der Waals surface area contributed by atoms with E-state index < -0.39 is 23.8 Å². The second kappa shape index (κ2) is 22.0. The molecular weight excluding hydrogens is 501 g/mol. The molecule has 0 aromatic carbocycles. The molecule has 0 saturated heterocycles. The van der Waals surface area contributed by atoms with Crippen molar-refractivity contribution in [3.63, 3.8) is 0 Å². The normalized spacial score (nSPS) is 10.0. The summed E-state index contributed by atoms with van der Waals surface area (Å²) < 4.78 is 0. The van der Waals surface area contributed by atoms with Gasteiger partial charge < -0.3 is 32.5 Å². The Kier molecular flexibility index (Phi) is 31.4. The molecule has 9 N–H and O–H groups in total. The maximum Gasteiger partial charge on any atom is 2.00 e. The van der Waals surface area contributed by atoms with E-state index in [1.54, 1.807) is 0 Å². The molecule has 9 nitrogen and oxygen atoms in total. The molecule has 0 bridgehead atoms. The molecule has 0 aliphatic heterocycles. The SMILES string of the molecule is CC(=O)O.CCN(CC)CCCCC(CC(=O)O)C(=O)O.N.N.[Pt+2]. The Labute approximate surface area is 158 Å². The average molecular weight is 535 g/mol. The van der Waals surface area contributed by atoms with E-state index in [0.29, 0.717) is 6.42 Å². The van der Waals surface area contributed by atoms with Gasteiger partial charge in [-0.2, -0.15) is 0 Å². The van der Waals surface area contributed by atoms with Crippen LogP contribution >= 0.6 is 0 Å². The summed E-state index contributed by atoms with van der Waals surface area (Å²) in [6.45, 7) is 8.20. The van der Waals surface area contributed by atoms with Crippen molar-refractivity contribution >= 4 is 17.9 Å².